The second-order valence-electron chi connectivity index (χ2n) is 3.90. The van der Waals surface area contributed by atoms with Gasteiger partial charge in [0.1, 0.15) is 5.84 Å². The Morgan fingerprint density at radius 3 is 2.58 bits per heavy atom. The molecule has 1 rings (SSSR count). The second-order valence-corrected chi connectivity index (χ2v) is 3.90. The highest BCUT2D eigenvalue weighted by Gasteiger charge is 2.30. The van der Waals surface area contributed by atoms with Crippen LogP contribution in [0.3, 0.4) is 0 Å². The summed E-state index contributed by atoms with van der Waals surface area (Å²) in [4.78, 5) is 3.96. The third-order valence-corrected chi connectivity index (χ3v) is 2.39. The van der Waals surface area contributed by atoms with E-state index >= 15 is 0 Å². The van der Waals surface area contributed by atoms with Crippen molar-refractivity contribution in [2.24, 2.45) is 4.99 Å². The predicted octanol–water partition coefficient (Wildman–Crippen LogP) is 4.28. The van der Waals surface area contributed by atoms with Crippen LogP contribution in [0.2, 0.25) is 0 Å². The van der Waals surface area contributed by atoms with E-state index in [4.69, 9.17) is 0 Å². The summed E-state index contributed by atoms with van der Waals surface area (Å²) < 4.78 is 37.7. The summed E-state index contributed by atoms with van der Waals surface area (Å²) >= 11 is 0. The molecule has 0 bridgehead atoms. The molecule has 1 aromatic carbocycles. The molecule has 0 spiro atoms. The Morgan fingerprint density at radius 2 is 2.05 bits per heavy atom. The zero-order chi connectivity index (χ0) is 14.5. The molecule has 0 heterocycles. The van der Waals surface area contributed by atoms with Gasteiger partial charge in [-0.3, -0.25) is 4.99 Å². The summed E-state index contributed by atoms with van der Waals surface area (Å²) in [6, 6.07) is 4.97. The highest BCUT2D eigenvalue weighted by atomic mass is 19.4. The van der Waals surface area contributed by atoms with Gasteiger partial charge in [0.2, 0.25) is 0 Å². The zero-order valence-corrected chi connectivity index (χ0v) is 10.8. The number of allylic oxidation sites excluding steroid dienone is 2. The van der Waals surface area contributed by atoms with E-state index < -0.39 is 11.7 Å². The van der Waals surface area contributed by atoms with Crippen LogP contribution in [0.4, 0.5) is 18.9 Å². The molecule has 102 valence electrons. The lowest BCUT2D eigenvalue weighted by Crippen LogP contribution is -2.11. The molecule has 0 aliphatic heterocycles. The standard InChI is InChI=1S/C14H15F3N2/c1-4-10(2)8-13(18-3)19-12-7-5-6-11(9-12)14(15,16)17/h4-9H,1H2,2-3H3,(H,18,19)/b10-8-. The maximum Gasteiger partial charge on any atom is 0.416 e. The van der Waals surface area contributed by atoms with Gasteiger partial charge < -0.3 is 5.32 Å². The summed E-state index contributed by atoms with van der Waals surface area (Å²) in [6.45, 7) is 5.43. The Hall–Kier alpha value is -2.04. The molecule has 2 nitrogen and oxygen atoms in total. The van der Waals surface area contributed by atoms with Crippen LogP contribution in [0.5, 0.6) is 0 Å². The third-order valence-electron chi connectivity index (χ3n) is 2.39. The largest absolute Gasteiger partial charge is 0.416 e. The van der Waals surface area contributed by atoms with E-state index in [-0.39, 0.29) is 0 Å². The van der Waals surface area contributed by atoms with Crippen molar-refractivity contribution < 1.29 is 13.2 Å². The molecule has 0 radical (unpaired) electrons. The van der Waals surface area contributed by atoms with Gasteiger partial charge in [0, 0.05) is 12.7 Å². The minimum absolute atomic E-state index is 0.337. The zero-order valence-electron chi connectivity index (χ0n) is 10.8. The van der Waals surface area contributed by atoms with Crippen LogP contribution < -0.4 is 5.32 Å². The van der Waals surface area contributed by atoms with Crippen LogP contribution in [0.1, 0.15) is 12.5 Å². The Bertz CT molecular complexity index is 514. The quantitative estimate of drug-likeness (QED) is 0.494. The second kappa shape index (κ2) is 6.22. The number of amidine groups is 1. The van der Waals surface area contributed by atoms with Gasteiger partial charge in [-0.05, 0) is 36.8 Å². The Labute approximate surface area is 110 Å². The number of halogens is 3. The van der Waals surface area contributed by atoms with Gasteiger partial charge in [-0.15, -0.1) is 0 Å². The first-order valence-corrected chi connectivity index (χ1v) is 5.58. The maximum atomic E-state index is 12.6. The molecule has 5 heteroatoms. The summed E-state index contributed by atoms with van der Waals surface area (Å²) in [5, 5.41) is 2.83. The topological polar surface area (TPSA) is 24.4 Å². The number of aliphatic imine (C=N–C) groups is 1. The number of alkyl halides is 3. The summed E-state index contributed by atoms with van der Waals surface area (Å²) in [7, 11) is 1.56. The molecule has 0 atom stereocenters. The van der Waals surface area contributed by atoms with E-state index in [1.807, 2.05) is 6.92 Å². The predicted molar refractivity (Wildman–Crippen MR) is 72.4 cm³/mol. The average molecular weight is 268 g/mol. The molecule has 0 fully saturated rings. The Kier molecular flexibility index (Phi) is 4.92. The lowest BCUT2D eigenvalue weighted by Gasteiger charge is -2.10. The molecule has 0 saturated heterocycles. The molecule has 0 aromatic heterocycles. The average Bonchev–Trinajstić information content (AvgIpc) is 2.37. The molecular weight excluding hydrogens is 253 g/mol. The van der Waals surface area contributed by atoms with Crippen LogP contribution in [0, 0.1) is 0 Å². The first-order valence-electron chi connectivity index (χ1n) is 5.58. The third kappa shape index (κ3) is 4.62. The van der Waals surface area contributed by atoms with Crippen molar-refractivity contribution in [3.8, 4) is 0 Å². The number of nitrogens with one attached hydrogen (secondary N) is 1. The van der Waals surface area contributed by atoms with E-state index in [0.29, 0.717) is 11.5 Å². The van der Waals surface area contributed by atoms with Crippen LogP contribution >= 0.6 is 0 Å². The highest BCUT2D eigenvalue weighted by molar-refractivity contribution is 6.04. The smallest absolute Gasteiger partial charge is 0.341 e. The van der Waals surface area contributed by atoms with Gasteiger partial charge in [-0.1, -0.05) is 18.7 Å². The lowest BCUT2D eigenvalue weighted by atomic mass is 10.2. The van der Waals surface area contributed by atoms with Gasteiger partial charge in [-0.2, -0.15) is 13.2 Å². The molecule has 1 N–H and O–H groups in total. The summed E-state index contributed by atoms with van der Waals surface area (Å²) in [5.41, 5.74) is 0.501. The van der Waals surface area contributed by atoms with Crippen molar-refractivity contribution in [3.63, 3.8) is 0 Å². The number of hydrogen-bond donors (Lipinski definition) is 1. The van der Waals surface area contributed by atoms with Crippen molar-refractivity contribution in [2.75, 3.05) is 12.4 Å². The molecule has 0 aliphatic carbocycles. The molecule has 0 aliphatic rings. The van der Waals surface area contributed by atoms with Crippen molar-refractivity contribution in [1.29, 1.82) is 0 Å². The van der Waals surface area contributed by atoms with Crippen molar-refractivity contribution in [2.45, 2.75) is 13.1 Å². The lowest BCUT2D eigenvalue weighted by molar-refractivity contribution is -0.137. The SMILES string of the molecule is C=C/C(C)=C\C(=NC)Nc1cccc(C(F)(F)F)c1. The number of benzene rings is 1. The summed E-state index contributed by atoms with van der Waals surface area (Å²) in [6.07, 6.45) is -1.01. The van der Waals surface area contributed by atoms with Crippen LogP contribution in [-0.2, 0) is 6.18 Å². The van der Waals surface area contributed by atoms with Crippen molar-refractivity contribution in [3.05, 3.63) is 54.1 Å². The number of hydrogen-bond acceptors (Lipinski definition) is 1. The van der Waals surface area contributed by atoms with Gasteiger partial charge in [0.25, 0.3) is 0 Å². The van der Waals surface area contributed by atoms with E-state index in [0.717, 1.165) is 17.7 Å². The molecule has 0 saturated carbocycles. The van der Waals surface area contributed by atoms with Crippen LogP contribution in [-0.4, -0.2) is 12.9 Å². The van der Waals surface area contributed by atoms with Crippen molar-refractivity contribution in [1.82, 2.24) is 0 Å². The molecule has 1 aromatic rings. The van der Waals surface area contributed by atoms with E-state index in [2.05, 4.69) is 16.9 Å². The number of nitrogens with zero attached hydrogens (tertiary/aromatic N) is 1. The maximum absolute atomic E-state index is 12.6. The van der Waals surface area contributed by atoms with Crippen LogP contribution in [0.25, 0.3) is 0 Å². The number of anilines is 1. The Balaban J connectivity index is 2.97. The van der Waals surface area contributed by atoms with Gasteiger partial charge in [-0.25, -0.2) is 0 Å². The fourth-order valence-corrected chi connectivity index (χ4v) is 1.35. The Morgan fingerprint density at radius 1 is 1.37 bits per heavy atom. The van der Waals surface area contributed by atoms with Gasteiger partial charge in [0.05, 0.1) is 5.56 Å². The minimum Gasteiger partial charge on any atom is -0.341 e. The minimum atomic E-state index is -4.35. The number of rotatable bonds is 3. The molecule has 0 amide bonds. The van der Waals surface area contributed by atoms with E-state index in [9.17, 15) is 13.2 Å². The first-order chi connectivity index (χ1) is 8.86. The molecule has 19 heavy (non-hydrogen) atoms. The summed E-state index contributed by atoms with van der Waals surface area (Å²) in [5.74, 6) is 0.469. The normalized spacial score (nSPS) is 13.3. The van der Waals surface area contributed by atoms with E-state index in [1.165, 1.54) is 6.07 Å². The highest BCUT2D eigenvalue weighted by Crippen LogP contribution is 2.30. The molecular formula is C14H15F3N2. The van der Waals surface area contributed by atoms with Gasteiger partial charge in [0.15, 0.2) is 0 Å². The fourth-order valence-electron chi connectivity index (χ4n) is 1.35. The molecule has 0 unspecified atom stereocenters. The van der Waals surface area contributed by atoms with Crippen molar-refractivity contribution >= 4 is 11.5 Å². The van der Waals surface area contributed by atoms with E-state index in [1.54, 1.807) is 25.3 Å². The van der Waals surface area contributed by atoms with Crippen LogP contribution in [0.15, 0.2) is 53.6 Å². The first kappa shape index (κ1) is 15.0. The fraction of sp³-hybridized carbons (Fsp3) is 0.214. The monoisotopic (exact) mass is 268 g/mol. The van der Waals surface area contributed by atoms with Gasteiger partial charge >= 0.3 is 6.18 Å².